The fourth-order valence-electron chi connectivity index (χ4n) is 2.40. The monoisotopic (exact) mass is 491 g/mol. The van der Waals surface area contributed by atoms with E-state index in [4.69, 9.17) is 16.7 Å². The molecule has 0 heterocycles. The van der Waals surface area contributed by atoms with Gasteiger partial charge < -0.3 is 15.7 Å². The van der Waals surface area contributed by atoms with Gasteiger partial charge in [0.15, 0.2) is 5.96 Å². The number of nitrogens with zero attached hydrogens (tertiary/aromatic N) is 1. The van der Waals surface area contributed by atoms with Crippen LogP contribution in [0.25, 0.3) is 0 Å². The maximum atomic E-state index is 13.5. The number of nitrogens with one attached hydrogen (secondary N) is 2. The van der Waals surface area contributed by atoms with Gasteiger partial charge in [-0.15, -0.1) is 24.0 Å². The van der Waals surface area contributed by atoms with Crippen LogP contribution in [0.3, 0.4) is 0 Å². The van der Waals surface area contributed by atoms with Crippen LogP contribution in [0.4, 0.5) is 4.39 Å². The van der Waals surface area contributed by atoms with Crippen molar-refractivity contribution in [3.05, 3.63) is 70.0 Å². The summed E-state index contributed by atoms with van der Waals surface area (Å²) in [6, 6.07) is 12.3. The highest BCUT2D eigenvalue weighted by Gasteiger charge is 2.08. The first kappa shape index (κ1) is 22.7. The van der Waals surface area contributed by atoms with Crippen molar-refractivity contribution < 1.29 is 9.50 Å². The average molecular weight is 492 g/mol. The molecule has 0 aromatic heterocycles. The quantitative estimate of drug-likeness (QED) is 0.319. The van der Waals surface area contributed by atoms with Gasteiger partial charge in [0.2, 0.25) is 0 Å². The van der Waals surface area contributed by atoms with Crippen LogP contribution in [0.1, 0.15) is 36.6 Å². The van der Waals surface area contributed by atoms with E-state index in [2.05, 4.69) is 15.6 Å². The molecule has 4 nitrogen and oxygen atoms in total. The van der Waals surface area contributed by atoms with Crippen LogP contribution in [0, 0.1) is 5.82 Å². The fourth-order valence-corrected chi connectivity index (χ4v) is 2.60. The van der Waals surface area contributed by atoms with Gasteiger partial charge in [0.1, 0.15) is 5.82 Å². The molecule has 0 saturated heterocycles. The molecular formula is C19H24ClFIN3O. The molecule has 0 aliphatic rings. The Morgan fingerprint density at radius 2 is 2.04 bits per heavy atom. The Morgan fingerprint density at radius 3 is 2.69 bits per heavy atom. The van der Waals surface area contributed by atoms with Crippen LogP contribution in [0.2, 0.25) is 5.02 Å². The molecule has 0 fully saturated rings. The summed E-state index contributed by atoms with van der Waals surface area (Å²) in [7, 11) is 0. The van der Waals surface area contributed by atoms with E-state index < -0.39 is 5.82 Å². The number of aliphatic hydroxyl groups excluding tert-OH is 1. The van der Waals surface area contributed by atoms with Gasteiger partial charge in [-0.2, -0.15) is 0 Å². The van der Waals surface area contributed by atoms with Crippen molar-refractivity contribution in [3.8, 4) is 0 Å². The van der Waals surface area contributed by atoms with Crippen molar-refractivity contribution >= 4 is 41.5 Å². The van der Waals surface area contributed by atoms with Crippen LogP contribution in [-0.4, -0.2) is 17.6 Å². The van der Waals surface area contributed by atoms with Crippen molar-refractivity contribution in [1.29, 1.82) is 0 Å². The van der Waals surface area contributed by atoms with Crippen molar-refractivity contribution in [3.63, 3.8) is 0 Å². The lowest BCUT2D eigenvalue weighted by molar-refractivity contribution is 0.275. The number of aliphatic hydroxyl groups is 1. The van der Waals surface area contributed by atoms with Gasteiger partial charge >= 0.3 is 0 Å². The van der Waals surface area contributed by atoms with Crippen LogP contribution in [0.15, 0.2) is 47.5 Å². The first-order valence-corrected chi connectivity index (χ1v) is 8.59. The lowest BCUT2D eigenvalue weighted by Gasteiger charge is -2.18. The van der Waals surface area contributed by atoms with E-state index in [-0.39, 0.29) is 42.2 Å². The van der Waals surface area contributed by atoms with E-state index in [1.807, 2.05) is 38.1 Å². The lowest BCUT2D eigenvalue weighted by Crippen LogP contribution is -2.38. The highest BCUT2D eigenvalue weighted by atomic mass is 127. The number of benzene rings is 2. The molecule has 7 heteroatoms. The molecule has 3 N–H and O–H groups in total. The number of hydrogen-bond acceptors (Lipinski definition) is 2. The van der Waals surface area contributed by atoms with E-state index in [0.717, 1.165) is 17.7 Å². The highest BCUT2D eigenvalue weighted by molar-refractivity contribution is 14.0. The zero-order chi connectivity index (χ0) is 18.2. The first-order chi connectivity index (χ1) is 12.0. The molecule has 0 aliphatic carbocycles. The molecule has 0 aliphatic heterocycles. The summed E-state index contributed by atoms with van der Waals surface area (Å²) in [6.07, 6.45) is 0. The van der Waals surface area contributed by atoms with Gasteiger partial charge in [0.25, 0.3) is 0 Å². The number of guanidine groups is 1. The van der Waals surface area contributed by atoms with Crippen LogP contribution in [0.5, 0.6) is 0 Å². The Morgan fingerprint density at radius 1 is 1.27 bits per heavy atom. The third-order valence-electron chi connectivity index (χ3n) is 3.75. The molecule has 2 rings (SSSR count). The zero-order valence-corrected chi connectivity index (χ0v) is 17.9. The molecule has 0 radical (unpaired) electrons. The normalized spacial score (nSPS) is 12.3. The second kappa shape index (κ2) is 11.4. The van der Waals surface area contributed by atoms with Crippen molar-refractivity contribution in [2.24, 2.45) is 4.99 Å². The third kappa shape index (κ3) is 6.74. The minimum absolute atomic E-state index is 0. The Kier molecular flexibility index (Phi) is 9.90. The van der Waals surface area contributed by atoms with Crippen LogP contribution in [-0.2, 0) is 13.2 Å². The van der Waals surface area contributed by atoms with E-state index in [9.17, 15) is 4.39 Å². The minimum Gasteiger partial charge on any atom is -0.392 e. The van der Waals surface area contributed by atoms with Crippen molar-refractivity contribution in [2.45, 2.75) is 33.0 Å². The molecule has 1 unspecified atom stereocenters. The number of halogens is 3. The summed E-state index contributed by atoms with van der Waals surface area (Å²) in [5, 5.41) is 16.4. The Hall–Kier alpha value is -1.38. The lowest BCUT2D eigenvalue weighted by atomic mass is 10.1. The van der Waals surface area contributed by atoms with E-state index in [1.165, 1.54) is 6.07 Å². The fraction of sp³-hybridized carbons (Fsp3) is 0.316. The van der Waals surface area contributed by atoms with Crippen molar-refractivity contribution in [2.75, 3.05) is 6.54 Å². The first-order valence-electron chi connectivity index (χ1n) is 8.22. The Bertz CT molecular complexity index is 742. The second-order valence-corrected chi connectivity index (χ2v) is 6.14. The minimum atomic E-state index is -0.408. The van der Waals surface area contributed by atoms with Gasteiger partial charge in [-0.25, -0.2) is 9.38 Å². The molecule has 0 saturated carbocycles. The zero-order valence-electron chi connectivity index (χ0n) is 14.8. The largest absolute Gasteiger partial charge is 0.392 e. The summed E-state index contributed by atoms with van der Waals surface area (Å²) < 4.78 is 13.5. The summed E-state index contributed by atoms with van der Waals surface area (Å²) in [5.74, 6) is 0.250. The standard InChI is InChI=1S/C19H23ClFN3O.HI/c1-3-22-19(24-13(2)15-5-4-6-17(20)10-15)23-11-14-7-8-18(21)16(9-14)12-25;/h4-10,13,25H,3,11-12H2,1-2H3,(H2,22,23,24);1H. The highest BCUT2D eigenvalue weighted by Crippen LogP contribution is 2.17. The third-order valence-corrected chi connectivity index (χ3v) is 3.98. The predicted octanol–water partition coefficient (Wildman–Crippen LogP) is 4.41. The van der Waals surface area contributed by atoms with Gasteiger partial charge in [-0.05, 0) is 49.2 Å². The summed E-state index contributed by atoms with van der Waals surface area (Å²) >= 11 is 6.04. The molecule has 1 atom stereocenters. The maximum Gasteiger partial charge on any atom is 0.192 e. The molecule has 0 spiro atoms. The molecular weight excluding hydrogens is 468 g/mol. The van der Waals surface area contributed by atoms with E-state index in [0.29, 0.717) is 17.5 Å². The van der Waals surface area contributed by atoms with Gasteiger partial charge in [0, 0.05) is 17.1 Å². The Balaban J connectivity index is 0.00000338. The van der Waals surface area contributed by atoms with Gasteiger partial charge in [0.05, 0.1) is 19.2 Å². The smallest absolute Gasteiger partial charge is 0.192 e. The summed E-state index contributed by atoms with van der Waals surface area (Å²) in [5.41, 5.74) is 2.17. The topological polar surface area (TPSA) is 56.7 Å². The molecule has 2 aromatic carbocycles. The molecule has 142 valence electrons. The van der Waals surface area contributed by atoms with E-state index in [1.54, 1.807) is 12.1 Å². The van der Waals surface area contributed by atoms with Crippen molar-refractivity contribution in [1.82, 2.24) is 10.6 Å². The van der Waals surface area contributed by atoms with Gasteiger partial charge in [-0.3, -0.25) is 0 Å². The van der Waals surface area contributed by atoms with Gasteiger partial charge in [-0.1, -0.05) is 29.8 Å². The second-order valence-electron chi connectivity index (χ2n) is 5.70. The molecule has 2 aromatic rings. The molecule has 0 bridgehead atoms. The number of rotatable bonds is 6. The maximum absolute atomic E-state index is 13.5. The van der Waals surface area contributed by atoms with Crippen LogP contribution < -0.4 is 10.6 Å². The molecule has 26 heavy (non-hydrogen) atoms. The number of hydrogen-bond donors (Lipinski definition) is 3. The summed E-state index contributed by atoms with van der Waals surface area (Å²) in [6.45, 7) is 4.79. The van der Waals surface area contributed by atoms with E-state index >= 15 is 0 Å². The SMILES string of the molecule is CCNC(=NCc1ccc(F)c(CO)c1)NC(C)c1cccc(Cl)c1.I. The number of aliphatic imine (C=N–C) groups is 1. The Labute approximate surface area is 175 Å². The summed E-state index contributed by atoms with van der Waals surface area (Å²) in [4.78, 5) is 4.53. The average Bonchev–Trinajstić information content (AvgIpc) is 2.61. The predicted molar refractivity (Wildman–Crippen MR) is 116 cm³/mol. The van der Waals surface area contributed by atoms with Crippen LogP contribution >= 0.6 is 35.6 Å². The molecule has 0 amide bonds.